The number of likely N-dealkylation sites (N-methyl/N-ethyl adjacent to an activating group) is 1. The number of rotatable bonds is 24. The summed E-state index contributed by atoms with van der Waals surface area (Å²) in [6.45, 7) is 10.9. The maximum atomic E-state index is 11.3. The van der Waals surface area contributed by atoms with Gasteiger partial charge in [-0.05, 0) is 52.3 Å². The second kappa shape index (κ2) is 30.5. The van der Waals surface area contributed by atoms with Crippen LogP contribution in [0.15, 0.2) is 29.2 Å². The molecule has 0 saturated heterocycles. The highest BCUT2D eigenvalue weighted by Crippen LogP contribution is 2.18. The Bertz CT molecular complexity index is 849. The molecule has 1 aromatic rings. The third kappa shape index (κ3) is 29.6. The normalized spacial score (nSPS) is 13.4. The molecule has 3 atom stereocenters. The summed E-state index contributed by atoms with van der Waals surface area (Å²) in [6.07, 6.45) is 13.0. The predicted molar refractivity (Wildman–Crippen MR) is 178 cm³/mol. The fourth-order valence-corrected chi connectivity index (χ4v) is 4.90. The number of aryl methyl sites for hydroxylation is 1. The minimum Gasteiger partial charge on any atom is -0.395 e. The van der Waals surface area contributed by atoms with Crippen LogP contribution in [0.5, 0.6) is 0 Å². The lowest BCUT2D eigenvalue weighted by Gasteiger charge is -2.17. The lowest BCUT2D eigenvalue weighted by molar-refractivity contribution is -0.0657. The predicted octanol–water partition coefficient (Wildman–Crippen LogP) is 5.12. The Morgan fingerprint density at radius 2 is 1.25 bits per heavy atom. The summed E-state index contributed by atoms with van der Waals surface area (Å²) in [7, 11) is -0.596. The van der Waals surface area contributed by atoms with Crippen molar-refractivity contribution in [3.05, 3.63) is 29.8 Å². The Balaban J connectivity index is 0. The van der Waals surface area contributed by atoms with Gasteiger partial charge in [0.05, 0.1) is 56.2 Å². The van der Waals surface area contributed by atoms with Crippen LogP contribution in [0, 0.1) is 0 Å². The number of nitrogens with zero attached hydrogens (tertiary/aromatic N) is 1. The summed E-state index contributed by atoms with van der Waals surface area (Å²) in [6, 6.07) is 6.73. The fraction of sp³-hybridized carbons (Fsp3) is 0.818. The first kappa shape index (κ1) is 45.0. The number of methoxy groups -OCH3 is 1. The smallest absolute Gasteiger partial charge is 0.294 e. The van der Waals surface area contributed by atoms with Crippen LogP contribution in [-0.2, 0) is 30.7 Å². The highest BCUT2D eigenvalue weighted by molar-refractivity contribution is 7.85. The van der Waals surface area contributed by atoms with Gasteiger partial charge >= 0.3 is 0 Å². The van der Waals surface area contributed by atoms with E-state index in [0.29, 0.717) is 39.3 Å². The van der Waals surface area contributed by atoms with Gasteiger partial charge in [0.25, 0.3) is 10.1 Å². The largest absolute Gasteiger partial charge is 0.395 e. The Hall–Kier alpha value is -1.15. The molecule has 4 N–H and O–H groups in total. The van der Waals surface area contributed by atoms with Crippen LogP contribution in [0.1, 0.15) is 97.5 Å². The van der Waals surface area contributed by atoms with E-state index in [0.717, 1.165) is 18.4 Å². The molecule has 0 aliphatic heterocycles. The maximum Gasteiger partial charge on any atom is 0.294 e. The molecule has 1 aromatic carbocycles. The molecule has 0 amide bonds. The highest BCUT2D eigenvalue weighted by atomic mass is 32.2. The van der Waals surface area contributed by atoms with Crippen LogP contribution in [0.2, 0.25) is 0 Å². The van der Waals surface area contributed by atoms with Crippen molar-refractivity contribution in [3.8, 4) is 0 Å². The average molecular weight is 652 g/mol. The van der Waals surface area contributed by atoms with Crippen LogP contribution in [0.25, 0.3) is 0 Å². The zero-order chi connectivity index (χ0) is 33.6. The first-order chi connectivity index (χ1) is 20.9. The first-order valence-electron chi connectivity index (χ1n) is 16.3. The monoisotopic (exact) mass is 651 g/mol. The van der Waals surface area contributed by atoms with Crippen LogP contribution in [0.4, 0.5) is 0 Å². The van der Waals surface area contributed by atoms with E-state index in [4.69, 9.17) is 29.5 Å². The van der Waals surface area contributed by atoms with Crippen LogP contribution < -0.4 is 0 Å². The number of hydrogen-bond acceptors (Lipinski definition) is 9. The maximum absolute atomic E-state index is 11.3. The molecule has 262 valence electrons. The third-order valence-corrected chi connectivity index (χ3v) is 7.61. The minimum atomic E-state index is -4.10. The van der Waals surface area contributed by atoms with E-state index < -0.39 is 16.2 Å². The zero-order valence-corrected chi connectivity index (χ0v) is 29.3. The second-order valence-corrected chi connectivity index (χ2v) is 12.7. The van der Waals surface area contributed by atoms with E-state index in [-0.39, 0.29) is 30.3 Å². The molecule has 44 heavy (non-hydrogen) atoms. The molecule has 3 unspecified atom stereocenters. The van der Waals surface area contributed by atoms with Crippen molar-refractivity contribution in [2.45, 2.75) is 122 Å². The number of aliphatic hydroxyl groups is 3. The van der Waals surface area contributed by atoms with Gasteiger partial charge in [0.15, 0.2) is 0 Å². The van der Waals surface area contributed by atoms with Crippen LogP contribution >= 0.6 is 0 Å². The van der Waals surface area contributed by atoms with E-state index in [2.05, 4.69) is 6.92 Å². The molecule has 0 heterocycles. The van der Waals surface area contributed by atoms with Crippen molar-refractivity contribution in [2.75, 3.05) is 60.3 Å². The number of hydrogen-bond donors (Lipinski definition) is 4. The molecule has 1 rings (SSSR count). The number of unbranched alkanes of at least 4 members (excludes halogenated alkanes) is 9. The summed E-state index contributed by atoms with van der Waals surface area (Å²) in [4.78, 5) is 1.92. The number of aliphatic hydroxyl groups excluding tert-OH is 3. The Morgan fingerprint density at radius 1 is 0.773 bits per heavy atom. The Kier molecular flexibility index (Phi) is 31.2. The van der Waals surface area contributed by atoms with Gasteiger partial charge in [-0.2, -0.15) is 8.42 Å². The Labute approximate surface area is 268 Å². The van der Waals surface area contributed by atoms with E-state index in [9.17, 15) is 13.0 Å². The van der Waals surface area contributed by atoms with Crippen molar-refractivity contribution in [1.29, 1.82) is 0 Å². The third-order valence-electron chi connectivity index (χ3n) is 6.65. The fourth-order valence-electron chi connectivity index (χ4n) is 4.15. The van der Waals surface area contributed by atoms with Crippen molar-refractivity contribution in [2.24, 2.45) is 0 Å². The molecule has 10 nitrogen and oxygen atoms in total. The van der Waals surface area contributed by atoms with E-state index in [1.54, 1.807) is 26.2 Å². The topological polar surface area (TPSA) is 146 Å². The van der Waals surface area contributed by atoms with Gasteiger partial charge in [0.1, 0.15) is 0 Å². The molecule has 0 bridgehead atoms. The molecule has 0 spiro atoms. The Morgan fingerprint density at radius 3 is 1.73 bits per heavy atom. The molecule has 0 radical (unpaired) electrons. The lowest BCUT2D eigenvalue weighted by atomic mass is 10.0. The van der Waals surface area contributed by atoms with Crippen molar-refractivity contribution < 1.29 is 42.5 Å². The van der Waals surface area contributed by atoms with Gasteiger partial charge < -0.3 is 34.4 Å². The average Bonchev–Trinajstić information content (AvgIpc) is 2.97. The molecular formula is C33H65NO9S. The molecule has 11 heteroatoms. The standard InChI is InChI=1S/C18H30O3S.C10H22O4.C5H13NO2/c1-2-3-4-5-6-7-8-9-10-11-14-17-15-12-13-16-18(17)22(19,20)21;1-8(11)5-13-10(3)7-14-9(2)6-12-4;1-6(2-4-7)3-5-8/h12-13,15-16H,2-11,14H2,1H3,(H,19,20,21);8-11H,5-7H2,1-4H3;7-8H,2-5H2,1H3. The summed E-state index contributed by atoms with van der Waals surface area (Å²) in [5.74, 6) is 0. The zero-order valence-electron chi connectivity index (χ0n) is 28.5. The molecule has 0 aliphatic rings. The number of benzene rings is 1. The van der Waals surface area contributed by atoms with Gasteiger partial charge in [-0.1, -0.05) is 82.9 Å². The van der Waals surface area contributed by atoms with Gasteiger partial charge in [0.2, 0.25) is 0 Å². The summed E-state index contributed by atoms with van der Waals surface area (Å²) in [5, 5.41) is 25.7. The quantitative estimate of drug-likeness (QED) is 0.0877. The summed E-state index contributed by atoms with van der Waals surface area (Å²) in [5.41, 5.74) is 0.726. The second-order valence-electron chi connectivity index (χ2n) is 11.4. The highest BCUT2D eigenvalue weighted by Gasteiger charge is 2.14. The number of ether oxygens (including phenoxy) is 3. The van der Waals surface area contributed by atoms with Crippen molar-refractivity contribution in [3.63, 3.8) is 0 Å². The SMILES string of the molecule is CCCCCCCCCCCCc1ccccc1S(=O)(=O)O.CN(CCO)CCO.COCC(C)OCC(C)OCC(C)O. The van der Waals surface area contributed by atoms with Gasteiger partial charge in [-0.25, -0.2) is 0 Å². The van der Waals surface area contributed by atoms with E-state index in [1.165, 1.54) is 57.4 Å². The summed E-state index contributed by atoms with van der Waals surface area (Å²) >= 11 is 0. The van der Waals surface area contributed by atoms with Crippen LogP contribution in [0.3, 0.4) is 0 Å². The van der Waals surface area contributed by atoms with Crippen molar-refractivity contribution >= 4 is 10.1 Å². The molecule has 0 aliphatic carbocycles. The molecule has 0 aromatic heterocycles. The van der Waals surface area contributed by atoms with Gasteiger partial charge in [-0.15, -0.1) is 0 Å². The van der Waals surface area contributed by atoms with Gasteiger partial charge in [0, 0.05) is 20.2 Å². The van der Waals surface area contributed by atoms with E-state index >= 15 is 0 Å². The molecule has 0 saturated carbocycles. The minimum absolute atomic E-state index is 0.00362. The molecular weight excluding hydrogens is 586 g/mol. The lowest BCUT2D eigenvalue weighted by Crippen LogP contribution is -2.25. The first-order valence-corrected chi connectivity index (χ1v) is 17.7. The van der Waals surface area contributed by atoms with Crippen molar-refractivity contribution in [1.82, 2.24) is 4.90 Å². The van der Waals surface area contributed by atoms with E-state index in [1.807, 2.05) is 31.9 Å². The molecule has 0 fully saturated rings. The summed E-state index contributed by atoms with van der Waals surface area (Å²) < 4.78 is 47.5. The van der Waals surface area contributed by atoms with Crippen LogP contribution in [-0.4, -0.2) is 112 Å². The van der Waals surface area contributed by atoms with Gasteiger partial charge in [-0.3, -0.25) is 4.55 Å².